The first kappa shape index (κ1) is 20.3. The van der Waals surface area contributed by atoms with Crippen LogP contribution in [0.25, 0.3) is 22.8 Å². The molecule has 1 amide bonds. The Hall–Kier alpha value is -3.99. The maximum absolute atomic E-state index is 11.5. The number of aliphatic imine (C=N–C) groups is 1. The van der Waals surface area contributed by atoms with Crippen molar-refractivity contribution in [3.05, 3.63) is 53.1 Å². The molecule has 0 saturated carbocycles. The fourth-order valence-corrected chi connectivity index (χ4v) is 3.54. The lowest BCUT2D eigenvalue weighted by Gasteiger charge is -2.11. The van der Waals surface area contributed by atoms with E-state index in [2.05, 4.69) is 25.9 Å². The number of hydrogen-bond acceptors (Lipinski definition) is 7. The zero-order chi connectivity index (χ0) is 22.0. The number of aromatic nitrogens is 2. The minimum atomic E-state index is -0.617. The van der Waals surface area contributed by atoms with Gasteiger partial charge < -0.3 is 14.0 Å². The van der Waals surface area contributed by atoms with Gasteiger partial charge in [0.15, 0.2) is 0 Å². The minimum Gasteiger partial charge on any atom is -0.490 e. The first-order valence-electron chi connectivity index (χ1n) is 9.83. The van der Waals surface area contributed by atoms with E-state index < -0.39 is 6.09 Å². The van der Waals surface area contributed by atoms with Crippen LogP contribution in [0.15, 0.2) is 45.9 Å². The zero-order valence-electron chi connectivity index (χ0n) is 17.4. The second kappa shape index (κ2) is 8.40. The van der Waals surface area contributed by atoms with Crippen LogP contribution in [-0.4, -0.2) is 35.2 Å². The van der Waals surface area contributed by atoms with Gasteiger partial charge in [-0.05, 0) is 50.5 Å². The van der Waals surface area contributed by atoms with Crippen LogP contribution in [0.1, 0.15) is 37.0 Å². The fraction of sp³-hybridized carbons (Fsp3) is 0.261. The van der Waals surface area contributed by atoms with Gasteiger partial charge in [0.05, 0.1) is 24.5 Å². The van der Waals surface area contributed by atoms with E-state index in [1.165, 1.54) is 7.11 Å². The average molecular weight is 416 g/mol. The van der Waals surface area contributed by atoms with Crippen LogP contribution in [0, 0.1) is 11.3 Å². The summed E-state index contributed by atoms with van der Waals surface area (Å²) < 4.78 is 15.8. The molecule has 0 saturated heterocycles. The number of carbonyl (C=O) groups excluding carboxylic acids is 1. The molecule has 4 rings (SSSR count). The van der Waals surface area contributed by atoms with E-state index in [1.807, 2.05) is 32.0 Å². The lowest BCUT2D eigenvalue weighted by atomic mass is 10.0. The van der Waals surface area contributed by atoms with Crippen molar-refractivity contribution in [1.82, 2.24) is 10.1 Å². The van der Waals surface area contributed by atoms with Gasteiger partial charge in [0.25, 0.3) is 5.89 Å². The number of nitriles is 1. The van der Waals surface area contributed by atoms with Crippen LogP contribution >= 0.6 is 0 Å². The molecule has 0 aliphatic heterocycles. The summed E-state index contributed by atoms with van der Waals surface area (Å²) in [5.74, 6) is 1.26. The van der Waals surface area contributed by atoms with Crippen LogP contribution in [-0.2, 0) is 11.2 Å². The standard InChI is InChI=1S/C23H20N4O4/c1-13(2)30-20-10-7-14(11-15(20)12-24)22-26-21(27-31-22)18-6-4-5-17-16(18)8-9-19(17)25-23(28)29-3/h4-7,10-11,13H,8-9H2,1-3H3. The molecule has 8 heteroatoms. The Morgan fingerprint density at radius 2 is 2.03 bits per heavy atom. The summed E-state index contributed by atoms with van der Waals surface area (Å²) in [4.78, 5) is 20.1. The number of amides is 1. The van der Waals surface area contributed by atoms with Crippen molar-refractivity contribution in [1.29, 1.82) is 5.26 Å². The summed E-state index contributed by atoms with van der Waals surface area (Å²) in [6.45, 7) is 3.80. The molecule has 1 aliphatic rings. The molecule has 0 bridgehead atoms. The van der Waals surface area contributed by atoms with Crippen molar-refractivity contribution in [3.63, 3.8) is 0 Å². The summed E-state index contributed by atoms with van der Waals surface area (Å²) >= 11 is 0. The van der Waals surface area contributed by atoms with E-state index >= 15 is 0 Å². The third kappa shape index (κ3) is 4.03. The molecule has 2 aromatic carbocycles. The Bertz CT molecular complexity index is 1220. The van der Waals surface area contributed by atoms with Gasteiger partial charge >= 0.3 is 6.09 Å². The zero-order valence-corrected chi connectivity index (χ0v) is 17.4. The maximum Gasteiger partial charge on any atom is 0.433 e. The maximum atomic E-state index is 11.5. The molecule has 0 N–H and O–H groups in total. The van der Waals surface area contributed by atoms with E-state index in [1.54, 1.807) is 18.2 Å². The van der Waals surface area contributed by atoms with Crippen molar-refractivity contribution in [2.75, 3.05) is 7.11 Å². The molecule has 0 fully saturated rings. The first-order valence-corrected chi connectivity index (χ1v) is 9.83. The van der Waals surface area contributed by atoms with Gasteiger partial charge in [-0.25, -0.2) is 4.79 Å². The predicted molar refractivity (Wildman–Crippen MR) is 113 cm³/mol. The van der Waals surface area contributed by atoms with Gasteiger partial charge in [-0.3, -0.25) is 0 Å². The van der Waals surface area contributed by atoms with Crippen LogP contribution in [0.5, 0.6) is 5.75 Å². The highest BCUT2D eigenvalue weighted by molar-refractivity contribution is 6.09. The molecular formula is C23H20N4O4. The van der Waals surface area contributed by atoms with Crippen LogP contribution in [0.4, 0.5) is 4.79 Å². The van der Waals surface area contributed by atoms with Crippen molar-refractivity contribution in [2.24, 2.45) is 4.99 Å². The second-order valence-corrected chi connectivity index (χ2v) is 7.27. The lowest BCUT2D eigenvalue weighted by Crippen LogP contribution is -2.06. The van der Waals surface area contributed by atoms with Gasteiger partial charge in [0, 0.05) is 16.7 Å². The summed E-state index contributed by atoms with van der Waals surface area (Å²) in [6.07, 6.45) is 0.689. The van der Waals surface area contributed by atoms with Crippen LogP contribution in [0.3, 0.4) is 0 Å². The molecule has 3 aromatic rings. The van der Waals surface area contributed by atoms with Gasteiger partial charge in [0.2, 0.25) is 5.82 Å². The molecule has 8 nitrogen and oxygen atoms in total. The number of benzene rings is 2. The number of nitrogens with zero attached hydrogens (tertiary/aromatic N) is 4. The highest BCUT2D eigenvalue weighted by atomic mass is 16.5. The molecule has 156 valence electrons. The molecule has 0 spiro atoms. The number of methoxy groups -OCH3 is 1. The molecular weight excluding hydrogens is 396 g/mol. The normalized spacial score (nSPS) is 13.8. The van der Waals surface area contributed by atoms with Gasteiger partial charge in [-0.2, -0.15) is 15.2 Å². The minimum absolute atomic E-state index is 0.0410. The van der Waals surface area contributed by atoms with E-state index in [0.717, 1.165) is 16.7 Å². The van der Waals surface area contributed by atoms with Gasteiger partial charge in [-0.1, -0.05) is 23.4 Å². The number of ether oxygens (including phenoxy) is 2. The van der Waals surface area contributed by atoms with Crippen molar-refractivity contribution < 1.29 is 18.8 Å². The van der Waals surface area contributed by atoms with E-state index in [4.69, 9.17) is 9.26 Å². The van der Waals surface area contributed by atoms with Crippen molar-refractivity contribution in [3.8, 4) is 34.7 Å². The predicted octanol–water partition coefficient (Wildman–Crippen LogP) is 4.56. The van der Waals surface area contributed by atoms with Crippen LogP contribution in [0.2, 0.25) is 0 Å². The second-order valence-electron chi connectivity index (χ2n) is 7.27. The number of fused-ring (bicyclic) bond motifs is 1. The Labute approximate surface area is 179 Å². The van der Waals surface area contributed by atoms with Gasteiger partial charge in [0.1, 0.15) is 11.8 Å². The monoisotopic (exact) mass is 416 g/mol. The third-order valence-electron chi connectivity index (χ3n) is 4.88. The fourth-order valence-electron chi connectivity index (χ4n) is 3.54. The summed E-state index contributed by atoms with van der Waals surface area (Å²) in [5, 5.41) is 13.6. The molecule has 1 aliphatic carbocycles. The smallest absolute Gasteiger partial charge is 0.433 e. The first-order chi connectivity index (χ1) is 15.0. The Morgan fingerprint density at radius 3 is 2.77 bits per heavy atom. The SMILES string of the molecule is COC(=O)N=C1CCc2c1cccc2-c1noc(-c2ccc(OC(C)C)c(C#N)c2)n1. The Balaban J connectivity index is 1.68. The van der Waals surface area contributed by atoms with E-state index in [9.17, 15) is 10.1 Å². The quantitative estimate of drug-likeness (QED) is 0.613. The number of carbonyl (C=O) groups is 1. The summed E-state index contributed by atoms with van der Waals surface area (Å²) in [5.41, 5.74) is 4.43. The average Bonchev–Trinajstić information content (AvgIpc) is 3.41. The highest BCUT2D eigenvalue weighted by Crippen LogP contribution is 2.33. The summed E-state index contributed by atoms with van der Waals surface area (Å²) in [6, 6.07) is 13.0. The highest BCUT2D eigenvalue weighted by Gasteiger charge is 2.24. The van der Waals surface area contributed by atoms with Crippen molar-refractivity contribution >= 4 is 11.8 Å². The number of rotatable bonds is 4. The molecule has 0 atom stereocenters. The van der Waals surface area contributed by atoms with Gasteiger partial charge in [-0.15, -0.1) is 0 Å². The van der Waals surface area contributed by atoms with Crippen molar-refractivity contribution in [2.45, 2.75) is 32.8 Å². The Morgan fingerprint density at radius 1 is 1.23 bits per heavy atom. The molecule has 0 radical (unpaired) electrons. The topological polar surface area (TPSA) is 111 Å². The largest absolute Gasteiger partial charge is 0.490 e. The molecule has 1 heterocycles. The third-order valence-corrected chi connectivity index (χ3v) is 4.88. The Kier molecular flexibility index (Phi) is 5.50. The van der Waals surface area contributed by atoms with Crippen LogP contribution < -0.4 is 4.74 Å². The molecule has 31 heavy (non-hydrogen) atoms. The van der Waals surface area contributed by atoms with E-state index in [-0.39, 0.29) is 6.10 Å². The van der Waals surface area contributed by atoms with E-state index in [0.29, 0.717) is 47.1 Å². The number of hydrogen-bond donors (Lipinski definition) is 0. The molecule has 0 unspecified atom stereocenters. The summed E-state index contributed by atoms with van der Waals surface area (Å²) in [7, 11) is 1.30. The lowest BCUT2D eigenvalue weighted by molar-refractivity contribution is 0.182. The molecule has 1 aromatic heterocycles.